The van der Waals surface area contributed by atoms with E-state index in [1.807, 2.05) is 0 Å². The standard InChI is InChI=1S/C15H15FN2S2/c1-15(2,13-4-3-7-19-13)9-17-14-18-11-8-10(16)5-6-12(11)20-14/h3-8H,9H2,1-2H3,(H,17,18). The maximum atomic E-state index is 13.2. The molecule has 104 valence electrons. The summed E-state index contributed by atoms with van der Waals surface area (Å²) in [6.45, 7) is 5.22. The number of fused-ring (bicyclic) bond motifs is 1. The van der Waals surface area contributed by atoms with E-state index in [0.29, 0.717) is 5.52 Å². The lowest BCUT2D eigenvalue weighted by molar-refractivity contribution is 0.569. The Balaban J connectivity index is 1.77. The summed E-state index contributed by atoms with van der Waals surface area (Å²) >= 11 is 3.32. The van der Waals surface area contributed by atoms with E-state index in [4.69, 9.17) is 0 Å². The van der Waals surface area contributed by atoms with Crippen LogP contribution in [0.2, 0.25) is 0 Å². The van der Waals surface area contributed by atoms with E-state index in [-0.39, 0.29) is 11.2 Å². The van der Waals surface area contributed by atoms with Gasteiger partial charge < -0.3 is 5.32 Å². The van der Waals surface area contributed by atoms with Crippen LogP contribution < -0.4 is 5.32 Å². The number of thiazole rings is 1. The monoisotopic (exact) mass is 306 g/mol. The number of rotatable bonds is 4. The lowest BCUT2D eigenvalue weighted by Crippen LogP contribution is -2.26. The Kier molecular flexibility index (Phi) is 3.48. The van der Waals surface area contributed by atoms with E-state index in [1.54, 1.807) is 28.7 Å². The highest BCUT2D eigenvalue weighted by Crippen LogP contribution is 2.30. The summed E-state index contributed by atoms with van der Waals surface area (Å²) in [7, 11) is 0. The lowest BCUT2D eigenvalue weighted by Gasteiger charge is -2.23. The van der Waals surface area contributed by atoms with Crippen molar-refractivity contribution in [2.24, 2.45) is 0 Å². The van der Waals surface area contributed by atoms with Crippen molar-refractivity contribution in [3.05, 3.63) is 46.4 Å². The Morgan fingerprint density at radius 1 is 1.30 bits per heavy atom. The molecule has 0 aliphatic rings. The lowest BCUT2D eigenvalue weighted by atomic mass is 9.91. The second kappa shape index (κ2) is 5.14. The van der Waals surface area contributed by atoms with Gasteiger partial charge in [0.1, 0.15) is 5.82 Å². The first kappa shape index (κ1) is 13.5. The van der Waals surface area contributed by atoms with Crippen LogP contribution in [0.25, 0.3) is 10.2 Å². The predicted molar refractivity (Wildman–Crippen MR) is 85.4 cm³/mol. The Bertz CT molecular complexity index is 717. The van der Waals surface area contributed by atoms with Crippen molar-refractivity contribution in [3.8, 4) is 0 Å². The van der Waals surface area contributed by atoms with E-state index in [2.05, 4.69) is 41.7 Å². The third kappa shape index (κ3) is 2.69. The molecule has 0 fully saturated rings. The molecule has 0 unspecified atom stereocenters. The number of halogens is 1. The van der Waals surface area contributed by atoms with Crippen LogP contribution in [0.5, 0.6) is 0 Å². The zero-order valence-corrected chi connectivity index (χ0v) is 12.9. The SMILES string of the molecule is CC(C)(CNc1nc2cc(F)ccc2s1)c1cccs1. The van der Waals surface area contributed by atoms with Gasteiger partial charge in [0.2, 0.25) is 0 Å². The Morgan fingerprint density at radius 2 is 2.15 bits per heavy atom. The van der Waals surface area contributed by atoms with E-state index in [0.717, 1.165) is 16.4 Å². The number of aromatic nitrogens is 1. The van der Waals surface area contributed by atoms with Crippen molar-refractivity contribution in [2.75, 3.05) is 11.9 Å². The molecule has 0 spiro atoms. The molecule has 1 N–H and O–H groups in total. The minimum Gasteiger partial charge on any atom is -0.361 e. The summed E-state index contributed by atoms with van der Waals surface area (Å²) in [6.07, 6.45) is 0. The van der Waals surface area contributed by atoms with Crippen LogP contribution in [0, 0.1) is 5.82 Å². The highest BCUT2D eigenvalue weighted by Gasteiger charge is 2.21. The molecule has 3 aromatic rings. The molecule has 2 nitrogen and oxygen atoms in total. The van der Waals surface area contributed by atoms with Crippen molar-refractivity contribution < 1.29 is 4.39 Å². The van der Waals surface area contributed by atoms with Crippen molar-refractivity contribution in [2.45, 2.75) is 19.3 Å². The van der Waals surface area contributed by atoms with Gasteiger partial charge in [0.05, 0.1) is 10.2 Å². The van der Waals surface area contributed by atoms with E-state index < -0.39 is 0 Å². The fourth-order valence-electron chi connectivity index (χ4n) is 2.02. The number of nitrogens with one attached hydrogen (secondary N) is 1. The normalized spacial score (nSPS) is 11.9. The zero-order valence-electron chi connectivity index (χ0n) is 11.3. The molecule has 20 heavy (non-hydrogen) atoms. The molecule has 2 aromatic heterocycles. The molecular formula is C15H15FN2S2. The van der Waals surface area contributed by atoms with Gasteiger partial charge >= 0.3 is 0 Å². The number of hydrogen-bond acceptors (Lipinski definition) is 4. The van der Waals surface area contributed by atoms with Crippen LogP contribution >= 0.6 is 22.7 Å². The van der Waals surface area contributed by atoms with Gasteiger partial charge in [0.25, 0.3) is 0 Å². The number of nitrogens with zero attached hydrogens (tertiary/aromatic N) is 1. The highest BCUT2D eigenvalue weighted by molar-refractivity contribution is 7.22. The van der Waals surface area contributed by atoms with Crippen LogP contribution in [-0.4, -0.2) is 11.5 Å². The third-order valence-corrected chi connectivity index (χ3v) is 5.45. The van der Waals surface area contributed by atoms with Crippen molar-refractivity contribution in [1.29, 1.82) is 0 Å². The molecule has 2 heterocycles. The van der Waals surface area contributed by atoms with Crippen molar-refractivity contribution in [1.82, 2.24) is 4.98 Å². The number of hydrogen-bond donors (Lipinski definition) is 1. The molecule has 0 amide bonds. The van der Waals surface area contributed by atoms with Gasteiger partial charge in [-0.2, -0.15) is 0 Å². The van der Waals surface area contributed by atoms with Crippen LogP contribution in [0.1, 0.15) is 18.7 Å². The first-order valence-corrected chi connectivity index (χ1v) is 8.08. The molecule has 0 aliphatic heterocycles. The first-order valence-electron chi connectivity index (χ1n) is 6.38. The highest BCUT2D eigenvalue weighted by atomic mass is 32.1. The van der Waals surface area contributed by atoms with E-state index in [9.17, 15) is 4.39 Å². The molecule has 5 heteroatoms. The van der Waals surface area contributed by atoms with Crippen molar-refractivity contribution in [3.63, 3.8) is 0 Å². The smallest absolute Gasteiger partial charge is 0.183 e. The van der Waals surface area contributed by atoms with E-state index >= 15 is 0 Å². The average molecular weight is 306 g/mol. The van der Waals surface area contributed by atoms with Gasteiger partial charge in [0.15, 0.2) is 5.13 Å². The van der Waals surface area contributed by atoms with Gasteiger partial charge in [-0.1, -0.05) is 31.3 Å². The fourth-order valence-corrected chi connectivity index (χ4v) is 3.72. The minimum absolute atomic E-state index is 0.0528. The van der Waals surface area contributed by atoms with Crippen LogP contribution in [0.15, 0.2) is 35.7 Å². The number of benzene rings is 1. The molecule has 0 saturated carbocycles. The molecule has 0 bridgehead atoms. The van der Waals surface area contributed by atoms with Crippen molar-refractivity contribution >= 4 is 38.0 Å². The molecule has 3 rings (SSSR count). The molecule has 1 aromatic carbocycles. The largest absolute Gasteiger partial charge is 0.361 e. The molecule has 0 atom stereocenters. The minimum atomic E-state index is -0.242. The Labute approximate surface area is 125 Å². The maximum Gasteiger partial charge on any atom is 0.183 e. The third-order valence-electron chi connectivity index (χ3n) is 3.22. The average Bonchev–Trinajstić information content (AvgIpc) is 3.05. The summed E-state index contributed by atoms with van der Waals surface area (Å²) in [5.74, 6) is -0.242. The second-order valence-electron chi connectivity index (χ2n) is 5.35. The van der Waals surface area contributed by atoms with Gasteiger partial charge in [-0.3, -0.25) is 0 Å². The first-order chi connectivity index (χ1) is 9.54. The van der Waals surface area contributed by atoms with Crippen LogP contribution in [0.3, 0.4) is 0 Å². The zero-order chi connectivity index (χ0) is 14.2. The van der Waals surface area contributed by atoms with Crippen LogP contribution in [0.4, 0.5) is 9.52 Å². The molecular weight excluding hydrogens is 291 g/mol. The van der Waals surface area contributed by atoms with Gasteiger partial charge in [0, 0.05) is 22.9 Å². The second-order valence-corrected chi connectivity index (χ2v) is 7.32. The quantitative estimate of drug-likeness (QED) is 0.742. The summed E-state index contributed by atoms with van der Waals surface area (Å²) in [6, 6.07) is 8.95. The number of anilines is 1. The fraction of sp³-hybridized carbons (Fsp3) is 0.267. The van der Waals surface area contributed by atoms with Gasteiger partial charge in [-0.25, -0.2) is 9.37 Å². The summed E-state index contributed by atoms with van der Waals surface area (Å²) < 4.78 is 14.2. The summed E-state index contributed by atoms with van der Waals surface area (Å²) in [5, 5.41) is 6.31. The molecule has 0 aliphatic carbocycles. The maximum absolute atomic E-state index is 13.2. The Morgan fingerprint density at radius 3 is 2.90 bits per heavy atom. The van der Waals surface area contributed by atoms with E-state index in [1.165, 1.54) is 17.0 Å². The molecule has 0 saturated heterocycles. The predicted octanol–water partition coefficient (Wildman–Crippen LogP) is 4.89. The molecule has 0 radical (unpaired) electrons. The van der Waals surface area contributed by atoms with Gasteiger partial charge in [-0.05, 0) is 23.6 Å². The number of thiophene rings is 1. The summed E-state index contributed by atoms with van der Waals surface area (Å²) in [5.41, 5.74) is 0.767. The van der Waals surface area contributed by atoms with Crippen LogP contribution in [-0.2, 0) is 5.41 Å². The van der Waals surface area contributed by atoms with Gasteiger partial charge in [-0.15, -0.1) is 11.3 Å². The summed E-state index contributed by atoms with van der Waals surface area (Å²) in [4.78, 5) is 5.77. The topological polar surface area (TPSA) is 24.9 Å². The Hall–Kier alpha value is -1.46.